The van der Waals surface area contributed by atoms with Crippen molar-refractivity contribution in [3.8, 4) is 0 Å². The summed E-state index contributed by atoms with van der Waals surface area (Å²) in [4.78, 5) is 33.2. The molecular weight excluding hydrogens is 1550 g/mol. The molecule has 0 atom stereocenters. The zero-order chi connectivity index (χ0) is 79.4. The van der Waals surface area contributed by atoms with E-state index in [1.165, 1.54) is 70.6 Å². The molecule has 0 bridgehead atoms. The van der Waals surface area contributed by atoms with E-state index < -0.39 is 0 Å². The van der Waals surface area contributed by atoms with Crippen molar-refractivity contribution in [1.82, 2.24) is 117 Å². The lowest BCUT2D eigenvalue weighted by Gasteiger charge is -2.33. The van der Waals surface area contributed by atoms with Crippen molar-refractivity contribution in [1.29, 1.82) is 0 Å². The lowest BCUT2D eigenvalue weighted by atomic mass is 9.81. The fourth-order valence-electron chi connectivity index (χ4n) is 16.3. The zero-order valence-electron chi connectivity index (χ0n) is 63.7. The van der Waals surface area contributed by atoms with Crippen LogP contribution in [0.4, 0.5) is 57.5 Å². The number of nitrogens with zero attached hydrogens (tertiary/aromatic N) is 18. The maximum atomic E-state index is 6.61. The number of aromatic amines is 5. The van der Waals surface area contributed by atoms with E-state index in [2.05, 4.69) is 167 Å². The molecular formula is C84H74Cl2N28O5. The summed E-state index contributed by atoms with van der Waals surface area (Å²) in [5.74, 6) is 5.26. The van der Waals surface area contributed by atoms with Gasteiger partial charge in [0.25, 0.3) is 0 Å². The maximum absolute atomic E-state index is 6.61. The monoisotopic (exact) mass is 1620 g/mol. The van der Waals surface area contributed by atoms with Gasteiger partial charge in [-0.3, -0.25) is 30.5 Å². The van der Waals surface area contributed by atoms with E-state index in [1.54, 1.807) is 49.6 Å². The molecule has 0 radical (unpaired) electrons. The summed E-state index contributed by atoms with van der Waals surface area (Å²) in [6.07, 6.45) is 33.0. The number of fused-ring (bicyclic) bond motifs is 10. The highest BCUT2D eigenvalue weighted by molar-refractivity contribution is 6.25. The van der Waals surface area contributed by atoms with Gasteiger partial charge in [0, 0.05) is 153 Å². The number of H-pyrrole nitrogens is 5. The molecule has 25 rings (SSSR count). The van der Waals surface area contributed by atoms with Gasteiger partial charge in [0.2, 0.25) is 16.9 Å². The Balaban J connectivity index is 0.0000000923. The molecule has 5 fully saturated rings. The molecule has 0 aliphatic heterocycles. The van der Waals surface area contributed by atoms with Crippen LogP contribution >= 0.6 is 23.2 Å². The van der Waals surface area contributed by atoms with Gasteiger partial charge in [-0.2, -0.15) is 25.5 Å². The summed E-state index contributed by atoms with van der Waals surface area (Å²) >= 11 is 13.2. The second kappa shape index (κ2) is 30.8. The summed E-state index contributed by atoms with van der Waals surface area (Å²) in [5, 5.41) is 79.6. The van der Waals surface area contributed by atoms with Gasteiger partial charge in [-0.05, 0) is 162 Å². The third-order valence-corrected chi connectivity index (χ3v) is 24.2. The van der Waals surface area contributed by atoms with E-state index in [0.717, 1.165) is 167 Å². The predicted molar refractivity (Wildman–Crippen MR) is 451 cm³/mol. The van der Waals surface area contributed by atoms with Gasteiger partial charge >= 0.3 is 0 Å². The van der Waals surface area contributed by atoms with Gasteiger partial charge in [-0.1, -0.05) is 57.9 Å². The van der Waals surface area contributed by atoms with Gasteiger partial charge in [0.1, 0.15) is 22.7 Å². The van der Waals surface area contributed by atoms with Crippen LogP contribution in [-0.4, -0.2) is 117 Å². The Kier molecular flexibility index (Phi) is 18.8. The quantitative estimate of drug-likeness (QED) is 0.0426. The van der Waals surface area contributed by atoms with Crippen molar-refractivity contribution < 1.29 is 22.6 Å². The summed E-state index contributed by atoms with van der Waals surface area (Å²) in [7, 11) is 0. The molecule has 35 heteroatoms. The number of hydrogen-bond donors (Lipinski definition) is 10. The highest BCUT2D eigenvalue weighted by atomic mass is 35.5. The van der Waals surface area contributed by atoms with Crippen molar-refractivity contribution in [2.45, 2.75) is 137 Å². The lowest BCUT2D eigenvalue weighted by Crippen LogP contribution is -2.27. The van der Waals surface area contributed by atoms with E-state index in [4.69, 9.17) is 45.8 Å². The maximum Gasteiger partial charge on any atom is 0.201 e. The number of alkyl halides is 2. The number of benzene rings is 5. The van der Waals surface area contributed by atoms with E-state index in [1.807, 2.05) is 91.0 Å². The number of hydrogen-bond acceptors (Lipinski definition) is 28. The van der Waals surface area contributed by atoms with Crippen molar-refractivity contribution in [2.75, 3.05) is 26.6 Å². The van der Waals surface area contributed by atoms with Gasteiger partial charge in [-0.25, -0.2) is 34.9 Å². The molecule has 0 unspecified atom stereocenters. The third-order valence-electron chi connectivity index (χ3n) is 23.1. The molecule has 0 saturated heterocycles. The average Bonchev–Trinajstić information content (AvgIpc) is 1.72. The van der Waals surface area contributed by atoms with Crippen LogP contribution in [0.1, 0.15) is 155 Å². The first kappa shape index (κ1) is 72.6. The van der Waals surface area contributed by atoms with Crippen LogP contribution in [0.2, 0.25) is 0 Å². The predicted octanol–water partition coefficient (Wildman–Crippen LogP) is 20.2. The van der Waals surface area contributed by atoms with Gasteiger partial charge in [0.15, 0.2) is 73.4 Å². The van der Waals surface area contributed by atoms with Crippen molar-refractivity contribution >= 4 is 191 Å². The summed E-state index contributed by atoms with van der Waals surface area (Å²) in [6.45, 7) is 0. The Bertz CT molecular complexity index is 6740. The van der Waals surface area contributed by atoms with E-state index in [0.29, 0.717) is 85.7 Å². The third kappa shape index (κ3) is 14.2. The normalized spacial score (nSPS) is 15.8. The van der Waals surface area contributed by atoms with E-state index >= 15 is 0 Å². The smallest absolute Gasteiger partial charge is 0.201 e. The molecule has 10 N–H and O–H groups in total. The average molecular weight is 1630 g/mol. The van der Waals surface area contributed by atoms with E-state index in [9.17, 15) is 0 Å². The Hall–Kier alpha value is -14.1. The van der Waals surface area contributed by atoms with Crippen LogP contribution in [0.25, 0.3) is 110 Å². The van der Waals surface area contributed by atoms with Crippen molar-refractivity contribution in [3.63, 3.8) is 0 Å². The molecule has 5 aliphatic rings. The topological polar surface area (TPSA) is 437 Å². The van der Waals surface area contributed by atoms with Crippen LogP contribution in [0.3, 0.4) is 0 Å². The van der Waals surface area contributed by atoms with Crippen LogP contribution in [0, 0.1) is 0 Å². The second-order valence-corrected chi connectivity index (χ2v) is 32.0. The summed E-state index contributed by atoms with van der Waals surface area (Å²) in [6, 6.07) is 37.7. The molecule has 119 heavy (non-hydrogen) atoms. The highest BCUT2D eigenvalue weighted by Crippen LogP contribution is 2.51. The Morgan fingerprint density at radius 3 is 1.07 bits per heavy atom. The fourth-order valence-corrected chi connectivity index (χ4v) is 17.1. The first-order valence-corrected chi connectivity index (χ1v) is 40.6. The van der Waals surface area contributed by atoms with Crippen molar-refractivity contribution in [2.24, 2.45) is 0 Å². The molecule has 0 spiro atoms. The molecule has 33 nitrogen and oxygen atoms in total. The second-order valence-electron chi connectivity index (χ2n) is 30.6. The first-order valence-electron chi connectivity index (χ1n) is 39.9. The Morgan fingerprint density at radius 1 is 0.303 bits per heavy atom. The summed E-state index contributed by atoms with van der Waals surface area (Å²) < 4.78 is 27.6. The SMILES string of the molecule is ClC1(c2noc3cc(Nc4[nH]nc5nccnc45)ccc23)CCC1.ClC1(c2noc3cc(Nc4n[nH]c5cccnc45)ccc23)CCC1.c1cnc2c(Nc3ccc4c(C5CCC5)noc4c3)[nH]nc2n1.c1cnc2c(Nc3ccc4c(C5CCCC5)noc4c3)[nH]nc2n1.c1cnc2n[nH]c(Nc3ccc4c(C5CCCC5)noc4c3)c2c1. The molecule has 594 valence electrons. The first-order chi connectivity index (χ1) is 58.6. The lowest BCUT2D eigenvalue weighted by molar-refractivity contribution is 0.333. The molecule has 5 aromatic carbocycles. The van der Waals surface area contributed by atoms with Gasteiger partial charge in [0.05, 0.1) is 37.7 Å². The number of halogens is 2. The molecule has 5 saturated carbocycles. The van der Waals surface area contributed by atoms with E-state index in [-0.39, 0.29) is 9.75 Å². The molecule has 5 aliphatic carbocycles. The molecule has 15 aromatic heterocycles. The number of rotatable bonds is 15. The Morgan fingerprint density at radius 2 is 0.647 bits per heavy atom. The van der Waals surface area contributed by atoms with Gasteiger partial charge in [-0.15, -0.1) is 23.2 Å². The standard InChI is InChI=1S/C18H17N5O.C17H14ClN5O.C17H16N6O.C16H13ClN6O.C16H14N6O/c1-2-5-11(4-1)16-13-8-7-12(10-15(13)24-23-16)20-18-14-6-3-9-19-17(14)21-22-18;18-17(6-2-7-17)15-11-5-4-10(9-13(11)24-23-15)20-16-14-12(21-22-16)3-1-8-19-14;1-2-4-10(3-1)14-12-6-5-11(9-13(12)24-23-14)20-17-15-16(21-22-17)19-8-7-18-15;17-16(4-1-5-16)13-10-3-2-9(8-11(10)24-23-13)20-15-12-14(21-22-15)19-7-6-18-12;1-2-9(3-1)13-11-5-4-10(8-12(11)23-22-13)19-16-14-15(20-21-16)18-7-6-17-14/h3,6-11H,1-2,4-5H2,(H2,19,20,21,22);1,3-5,8-9H,2,6-7H2,(H2,20,21,22);5-10H,1-4H2,(H2,19,20,21,22);2-3,6-8H,1,4-5H2,(H2,19,20,21,22);4-9H,1-3H2,(H2,18,19,20,21). The fraction of sp³-hybridized carbons (Fsp3) is 0.262. The number of pyridine rings is 2. The number of anilines is 10. The van der Waals surface area contributed by atoms with Gasteiger partial charge < -0.3 is 49.2 Å². The number of nitrogens with one attached hydrogen (secondary N) is 10. The minimum absolute atomic E-state index is 0.359. The van der Waals surface area contributed by atoms with Crippen LogP contribution in [0.15, 0.2) is 187 Å². The Labute approximate surface area is 683 Å². The summed E-state index contributed by atoms with van der Waals surface area (Å²) in [5.41, 5.74) is 19.5. The molecule has 0 amide bonds. The highest BCUT2D eigenvalue weighted by Gasteiger charge is 2.42. The largest absolute Gasteiger partial charge is 0.356 e. The minimum Gasteiger partial charge on any atom is -0.356 e. The number of aromatic nitrogens is 23. The van der Waals surface area contributed by atoms with Crippen LogP contribution in [0.5, 0.6) is 0 Å². The van der Waals surface area contributed by atoms with Crippen LogP contribution in [-0.2, 0) is 9.75 Å². The minimum atomic E-state index is -0.366. The zero-order valence-corrected chi connectivity index (χ0v) is 65.2. The van der Waals surface area contributed by atoms with Crippen LogP contribution < -0.4 is 26.6 Å². The van der Waals surface area contributed by atoms with Crippen molar-refractivity contribution in [3.05, 3.63) is 193 Å². The molecule has 15 heterocycles. The molecule has 20 aromatic rings.